The number of hydrogen-bond acceptors (Lipinski definition) is 2. The van der Waals surface area contributed by atoms with Gasteiger partial charge in [0, 0.05) is 18.1 Å². The van der Waals surface area contributed by atoms with E-state index in [9.17, 15) is 0 Å². The molecule has 0 aromatic carbocycles. The molecule has 2 aliphatic heterocycles. The van der Waals surface area contributed by atoms with Crippen molar-refractivity contribution in [2.45, 2.75) is 89.8 Å². The van der Waals surface area contributed by atoms with Crippen LogP contribution in [-0.2, 0) is 0 Å². The van der Waals surface area contributed by atoms with Gasteiger partial charge in [0.05, 0.1) is 0 Å². The first-order valence-corrected chi connectivity index (χ1v) is 8.33. The predicted octanol–water partition coefficient (Wildman–Crippen LogP) is 3.56. The van der Waals surface area contributed by atoms with E-state index in [-0.39, 0.29) is 0 Å². The summed E-state index contributed by atoms with van der Waals surface area (Å²) in [5.41, 5.74) is 0. The van der Waals surface area contributed by atoms with E-state index in [4.69, 9.17) is 0 Å². The van der Waals surface area contributed by atoms with Crippen molar-refractivity contribution in [2.24, 2.45) is 0 Å². The first-order valence-electron chi connectivity index (χ1n) is 8.33. The van der Waals surface area contributed by atoms with Crippen molar-refractivity contribution in [2.75, 3.05) is 13.1 Å². The second kappa shape index (κ2) is 7.49. The van der Waals surface area contributed by atoms with Crippen LogP contribution in [0.3, 0.4) is 0 Å². The standard InChI is InChI=1S/C16H32N2/c1-3-5-6-7-11-18(10-4-2)16-12-14-8-9-15(13-16)17-14/h14-17H,3-13H2,1-2H3. The number of nitrogens with zero attached hydrogens (tertiary/aromatic N) is 1. The lowest BCUT2D eigenvalue weighted by Gasteiger charge is -2.37. The van der Waals surface area contributed by atoms with E-state index >= 15 is 0 Å². The fraction of sp³-hybridized carbons (Fsp3) is 1.00. The Labute approximate surface area is 114 Å². The maximum absolute atomic E-state index is 3.77. The number of hydrogen-bond donors (Lipinski definition) is 1. The third kappa shape index (κ3) is 3.96. The van der Waals surface area contributed by atoms with Gasteiger partial charge >= 0.3 is 0 Å². The van der Waals surface area contributed by atoms with Crippen LogP contribution in [0.2, 0.25) is 0 Å². The summed E-state index contributed by atoms with van der Waals surface area (Å²) in [7, 11) is 0. The largest absolute Gasteiger partial charge is 0.311 e. The fourth-order valence-corrected chi connectivity index (χ4v) is 3.83. The monoisotopic (exact) mass is 252 g/mol. The summed E-state index contributed by atoms with van der Waals surface area (Å²) in [6.45, 7) is 7.29. The average Bonchev–Trinajstić information content (AvgIpc) is 2.72. The third-order valence-electron chi connectivity index (χ3n) is 4.77. The summed E-state index contributed by atoms with van der Waals surface area (Å²) in [6, 6.07) is 2.55. The van der Waals surface area contributed by atoms with Crippen LogP contribution in [0.15, 0.2) is 0 Å². The van der Waals surface area contributed by atoms with E-state index < -0.39 is 0 Å². The molecule has 2 atom stereocenters. The maximum atomic E-state index is 3.77. The van der Waals surface area contributed by atoms with Gasteiger partial charge in [-0.3, -0.25) is 0 Å². The van der Waals surface area contributed by atoms with Crippen molar-refractivity contribution in [3.05, 3.63) is 0 Å². The van der Waals surface area contributed by atoms with Gasteiger partial charge in [-0.1, -0.05) is 33.1 Å². The number of piperidine rings is 1. The lowest BCUT2D eigenvalue weighted by molar-refractivity contribution is 0.138. The molecule has 106 valence electrons. The highest BCUT2D eigenvalue weighted by Gasteiger charge is 2.35. The zero-order valence-corrected chi connectivity index (χ0v) is 12.5. The molecule has 2 nitrogen and oxygen atoms in total. The van der Waals surface area contributed by atoms with Crippen molar-refractivity contribution in [3.63, 3.8) is 0 Å². The molecular formula is C16H32N2. The Morgan fingerprint density at radius 3 is 2.22 bits per heavy atom. The second-order valence-corrected chi connectivity index (χ2v) is 6.36. The summed E-state index contributed by atoms with van der Waals surface area (Å²) in [5, 5.41) is 3.77. The molecular weight excluding hydrogens is 220 g/mol. The van der Waals surface area contributed by atoms with Crippen LogP contribution in [0.25, 0.3) is 0 Å². The Bertz CT molecular complexity index is 217. The lowest BCUT2D eigenvalue weighted by Crippen LogP contribution is -2.48. The van der Waals surface area contributed by atoms with Gasteiger partial charge in [-0.25, -0.2) is 0 Å². The highest BCUT2D eigenvalue weighted by atomic mass is 15.2. The quantitative estimate of drug-likeness (QED) is 0.665. The fourth-order valence-electron chi connectivity index (χ4n) is 3.83. The van der Waals surface area contributed by atoms with Crippen molar-refractivity contribution in [1.29, 1.82) is 0 Å². The first-order chi connectivity index (χ1) is 8.83. The minimum atomic E-state index is 0.837. The molecule has 2 heteroatoms. The van der Waals surface area contributed by atoms with E-state index in [1.54, 1.807) is 0 Å². The zero-order chi connectivity index (χ0) is 12.8. The van der Waals surface area contributed by atoms with Gasteiger partial charge in [0.1, 0.15) is 0 Å². The molecule has 0 aromatic heterocycles. The molecule has 2 fully saturated rings. The molecule has 0 radical (unpaired) electrons. The molecule has 2 saturated heterocycles. The summed E-state index contributed by atoms with van der Waals surface area (Å²) in [5.74, 6) is 0. The van der Waals surface area contributed by atoms with E-state index in [0.29, 0.717) is 0 Å². The first kappa shape index (κ1) is 14.3. The smallest absolute Gasteiger partial charge is 0.0125 e. The van der Waals surface area contributed by atoms with E-state index in [1.165, 1.54) is 70.9 Å². The Morgan fingerprint density at radius 2 is 1.61 bits per heavy atom. The van der Waals surface area contributed by atoms with Crippen molar-refractivity contribution in [3.8, 4) is 0 Å². The van der Waals surface area contributed by atoms with E-state index in [0.717, 1.165) is 18.1 Å². The van der Waals surface area contributed by atoms with Crippen molar-refractivity contribution in [1.82, 2.24) is 10.2 Å². The van der Waals surface area contributed by atoms with Gasteiger partial charge in [0.15, 0.2) is 0 Å². The van der Waals surface area contributed by atoms with Gasteiger partial charge in [0.25, 0.3) is 0 Å². The average molecular weight is 252 g/mol. The topological polar surface area (TPSA) is 15.3 Å². The molecule has 2 heterocycles. The summed E-state index contributed by atoms with van der Waals surface area (Å²) < 4.78 is 0. The molecule has 0 aromatic rings. The Kier molecular flexibility index (Phi) is 5.97. The van der Waals surface area contributed by atoms with E-state index in [1.807, 2.05) is 0 Å². The molecule has 1 N–H and O–H groups in total. The molecule has 2 rings (SSSR count). The number of nitrogens with one attached hydrogen (secondary N) is 1. The molecule has 2 bridgehead atoms. The molecule has 0 spiro atoms. The number of rotatable bonds is 8. The predicted molar refractivity (Wildman–Crippen MR) is 79.0 cm³/mol. The minimum absolute atomic E-state index is 0.837. The van der Waals surface area contributed by atoms with Crippen molar-refractivity contribution >= 4 is 0 Å². The van der Waals surface area contributed by atoms with Crippen LogP contribution in [0.1, 0.15) is 71.6 Å². The maximum Gasteiger partial charge on any atom is 0.0125 e. The Balaban J connectivity index is 1.77. The van der Waals surface area contributed by atoms with E-state index in [2.05, 4.69) is 24.1 Å². The van der Waals surface area contributed by atoms with Crippen LogP contribution in [0.4, 0.5) is 0 Å². The van der Waals surface area contributed by atoms with Crippen LogP contribution in [-0.4, -0.2) is 36.1 Å². The zero-order valence-electron chi connectivity index (χ0n) is 12.5. The Morgan fingerprint density at radius 1 is 0.889 bits per heavy atom. The minimum Gasteiger partial charge on any atom is -0.311 e. The normalized spacial score (nSPS) is 31.2. The van der Waals surface area contributed by atoms with Gasteiger partial charge in [-0.15, -0.1) is 0 Å². The van der Waals surface area contributed by atoms with Gasteiger partial charge < -0.3 is 10.2 Å². The molecule has 0 amide bonds. The van der Waals surface area contributed by atoms with Crippen molar-refractivity contribution < 1.29 is 0 Å². The van der Waals surface area contributed by atoms with Gasteiger partial charge in [-0.2, -0.15) is 0 Å². The second-order valence-electron chi connectivity index (χ2n) is 6.36. The number of unbranched alkanes of at least 4 members (excludes halogenated alkanes) is 3. The molecule has 2 unspecified atom stereocenters. The third-order valence-corrected chi connectivity index (χ3v) is 4.77. The van der Waals surface area contributed by atoms with Crippen LogP contribution in [0.5, 0.6) is 0 Å². The van der Waals surface area contributed by atoms with Gasteiger partial charge in [0.2, 0.25) is 0 Å². The summed E-state index contributed by atoms with van der Waals surface area (Å²) in [6.07, 6.45) is 12.6. The lowest BCUT2D eigenvalue weighted by atomic mass is 9.97. The summed E-state index contributed by atoms with van der Waals surface area (Å²) >= 11 is 0. The number of fused-ring (bicyclic) bond motifs is 2. The molecule has 2 aliphatic rings. The highest BCUT2D eigenvalue weighted by Crippen LogP contribution is 2.30. The van der Waals surface area contributed by atoms with Crippen LogP contribution in [0, 0.1) is 0 Å². The van der Waals surface area contributed by atoms with Gasteiger partial charge in [-0.05, 0) is 51.6 Å². The molecule has 0 saturated carbocycles. The van der Waals surface area contributed by atoms with Crippen LogP contribution >= 0.6 is 0 Å². The summed E-state index contributed by atoms with van der Waals surface area (Å²) in [4.78, 5) is 2.81. The van der Waals surface area contributed by atoms with Crippen LogP contribution < -0.4 is 5.32 Å². The highest BCUT2D eigenvalue weighted by molar-refractivity contribution is 4.95. The molecule has 0 aliphatic carbocycles. The molecule has 18 heavy (non-hydrogen) atoms. The SMILES string of the molecule is CCCCCCN(CCC)C1CC2CCC(C1)N2. The Hall–Kier alpha value is -0.0800.